The first-order valence-electron chi connectivity index (χ1n) is 7.01. The molecule has 0 N–H and O–H groups in total. The highest BCUT2D eigenvalue weighted by Crippen LogP contribution is 2.32. The monoisotopic (exact) mass is 319 g/mol. The summed E-state index contributed by atoms with van der Waals surface area (Å²) in [6.07, 6.45) is -1.44. The van der Waals surface area contributed by atoms with Gasteiger partial charge >= 0.3 is 6.18 Å². The normalized spacial score (nSPS) is 11.7. The van der Waals surface area contributed by atoms with Gasteiger partial charge in [-0.1, -0.05) is 48.5 Å². The van der Waals surface area contributed by atoms with E-state index in [0.717, 1.165) is 11.6 Å². The highest BCUT2D eigenvalue weighted by atomic mass is 19.4. The third-order valence-electron chi connectivity index (χ3n) is 3.32. The van der Waals surface area contributed by atoms with Gasteiger partial charge in [-0.15, -0.1) is 0 Å². The molecule has 2 rings (SSSR count). The quantitative estimate of drug-likeness (QED) is 0.766. The molecule has 0 bridgehead atoms. The van der Waals surface area contributed by atoms with Crippen LogP contribution >= 0.6 is 0 Å². The fourth-order valence-electron chi connectivity index (χ4n) is 2.13. The number of rotatable bonds is 4. The molecule has 0 radical (unpaired) electrons. The highest BCUT2D eigenvalue weighted by molar-refractivity contribution is 5.91. The molecule has 0 spiro atoms. The van der Waals surface area contributed by atoms with E-state index >= 15 is 0 Å². The third-order valence-corrected chi connectivity index (χ3v) is 3.32. The number of hydrogen-bond donors (Lipinski definition) is 0. The van der Waals surface area contributed by atoms with Crippen molar-refractivity contribution in [2.75, 3.05) is 7.05 Å². The lowest BCUT2D eigenvalue weighted by molar-refractivity contribution is -0.139. The largest absolute Gasteiger partial charge is 0.416 e. The van der Waals surface area contributed by atoms with Gasteiger partial charge in [-0.05, 0) is 23.3 Å². The average Bonchev–Trinajstić information content (AvgIpc) is 2.53. The van der Waals surface area contributed by atoms with Gasteiger partial charge in [0.25, 0.3) is 0 Å². The highest BCUT2D eigenvalue weighted by Gasteiger charge is 2.33. The summed E-state index contributed by atoms with van der Waals surface area (Å²) in [7, 11) is 1.48. The molecule has 0 atom stereocenters. The summed E-state index contributed by atoms with van der Waals surface area (Å²) < 4.78 is 38.9. The summed E-state index contributed by atoms with van der Waals surface area (Å²) >= 11 is 0. The number of likely N-dealkylation sites (N-methyl/N-ethyl adjacent to an activating group) is 1. The van der Waals surface area contributed by atoms with E-state index in [1.807, 2.05) is 30.3 Å². The van der Waals surface area contributed by atoms with Crippen molar-refractivity contribution in [2.45, 2.75) is 12.7 Å². The van der Waals surface area contributed by atoms with E-state index in [4.69, 9.17) is 0 Å². The standard InChI is InChI=1S/C18H16F3NO/c1-22(17(23)12-11-14-7-3-2-4-8-14)13-15-9-5-6-10-16(15)18(19,20)21/h2-12H,13H2,1H3/b12-11+. The van der Waals surface area contributed by atoms with Crippen molar-refractivity contribution in [3.8, 4) is 0 Å². The summed E-state index contributed by atoms with van der Waals surface area (Å²) in [6, 6.07) is 14.5. The van der Waals surface area contributed by atoms with Crippen molar-refractivity contribution in [3.05, 3.63) is 77.4 Å². The van der Waals surface area contributed by atoms with Crippen LogP contribution in [0.3, 0.4) is 0 Å². The first kappa shape index (κ1) is 16.8. The molecule has 0 saturated heterocycles. The van der Waals surface area contributed by atoms with Crippen LogP contribution in [0.5, 0.6) is 0 Å². The zero-order chi connectivity index (χ0) is 16.9. The number of nitrogens with zero attached hydrogens (tertiary/aromatic N) is 1. The molecule has 23 heavy (non-hydrogen) atoms. The van der Waals surface area contributed by atoms with Crippen molar-refractivity contribution in [1.82, 2.24) is 4.90 Å². The molecule has 0 unspecified atom stereocenters. The van der Waals surface area contributed by atoms with E-state index in [2.05, 4.69) is 0 Å². The van der Waals surface area contributed by atoms with Crippen LogP contribution in [-0.2, 0) is 17.5 Å². The minimum Gasteiger partial charge on any atom is -0.338 e. The Labute approximate surface area is 132 Å². The van der Waals surface area contributed by atoms with Crippen LogP contribution in [0.25, 0.3) is 6.08 Å². The van der Waals surface area contributed by atoms with Crippen LogP contribution in [-0.4, -0.2) is 17.9 Å². The predicted molar refractivity (Wildman–Crippen MR) is 83.4 cm³/mol. The number of halogens is 3. The number of carbonyl (C=O) groups is 1. The zero-order valence-corrected chi connectivity index (χ0v) is 12.5. The smallest absolute Gasteiger partial charge is 0.338 e. The molecule has 5 heteroatoms. The molecule has 2 aromatic rings. The van der Waals surface area contributed by atoms with Gasteiger partial charge in [0, 0.05) is 19.7 Å². The molecule has 0 aliphatic rings. The third kappa shape index (κ3) is 4.71. The lowest BCUT2D eigenvalue weighted by Gasteiger charge is -2.19. The Morgan fingerprint density at radius 3 is 2.30 bits per heavy atom. The number of amides is 1. The van der Waals surface area contributed by atoms with Gasteiger partial charge in [-0.2, -0.15) is 13.2 Å². The fraction of sp³-hybridized carbons (Fsp3) is 0.167. The van der Waals surface area contributed by atoms with E-state index in [1.54, 1.807) is 6.08 Å². The van der Waals surface area contributed by atoms with Crippen LogP contribution in [0, 0.1) is 0 Å². The average molecular weight is 319 g/mol. The zero-order valence-electron chi connectivity index (χ0n) is 12.5. The molecule has 2 aromatic carbocycles. The number of carbonyl (C=O) groups excluding carboxylic acids is 1. The second-order valence-electron chi connectivity index (χ2n) is 5.09. The second kappa shape index (κ2) is 7.13. The predicted octanol–water partition coefficient (Wildman–Crippen LogP) is 4.38. The van der Waals surface area contributed by atoms with Crippen LogP contribution < -0.4 is 0 Å². The van der Waals surface area contributed by atoms with E-state index in [1.165, 1.54) is 36.2 Å². The number of alkyl halides is 3. The Morgan fingerprint density at radius 2 is 1.65 bits per heavy atom. The Bertz CT molecular complexity index is 693. The van der Waals surface area contributed by atoms with Gasteiger partial charge in [0.2, 0.25) is 5.91 Å². The Morgan fingerprint density at radius 1 is 1.04 bits per heavy atom. The molecule has 0 aromatic heterocycles. The number of benzene rings is 2. The van der Waals surface area contributed by atoms with Crippen molar-refractivity contribution >= 4 is 12.0 Å². The molecule has 2 nitrogen and oxygen atoms in total. The maximum Gasteiger partial charge on any atom is 0.416 e. The summed E-state index contributed by atoms with van der Waals surface area (Å²) in [5.74, 6) is -0.356. The van der Waals surface area contributed by atoms with Gasteiger partial charge in [-0.3, -0.25) is 4.79 Å². The lowest BCUT2D eigenvalue weighted by Crippen LogP contribution is -2.25. The van der Waals surface area contributed by atoms with Gasteiger partial charge in [0.15, 0.2) is 0 Å². The minimum atomic E-state index is -4.43. The molecular weight excluding hydrogens is 303 g/mol. The van der Waals surface area contributed by atoms with Gasteiger partial charge in [0.05, 0.1) is 5.56 Å². The van der Waals surface area contributed by atoms with E-state index in [0.29, 0.717) is 0 Å². The second-order valence-corrected chi connectivity index (χ2v) is 5.09. The summed E-state index contributed by atoms with van der Waals surface area (Å²) in [6.45, 7) is -0.104. The Kier molecular flexibility index (Phi) is 5.21. The molecule has 0 aliphatic heterocycles. The number of hydrogen-bond acceptors (Lipinski definition) is 1. The fourth-order valence-corrected chi connectivity index (χ4v) is 2.13. The lowest BCUT2D eigenvalue weighted by atomic mass is 10.1. The molecule has 0 heterocycles. The van der Waals surface area contributed by atoms with Crippen molar-refractivity contribution in [2.24, 2.45) is 0 Å². The minimum absolute atomic E-state index is 0.0731. The molecule has 120 valence electrons. The molecular formula is C18H16F3NO. The Hall–Kier alpha value is -2.56. The van der Waals surface area contributed by atoms with Gasteiger partial charge in [-0.25, -0.2) is 0 Å². The van der Waals surface area contributed by atoms with Crippen LogP contribution in [0.4, 0.5) is 13.2 Å². The van der Waals surface area contributed by atoms with Crippen molar-refractivity contribution < 1.29 is 18.0 Å². The molecule has 0 aliphatic carbocycles. The maximum absolute atomic E-state index is 13.0. The first-order valence-corrected chi connectivity index (χ1v) is 7.01. The van der Waals surface area contributed by atoms with Gasteiger partial charge in [0.1, 0.15) is 0 Å². The van der Waals surface area contributed by atoms with Crippen molar-refractivity contribution in [1.29, 1.82) is 0 Å². The summed E-state index contributed by atoms with van der Waals surface area (Å²) in [5, 5.41) is 0. The van der Waals surface area contributed by atoms with Crippen LogP contribution in [0.2, 0.25) is 0 Å². The SMILES string of the molecule is CN(Cc1ccccc1C(F)(F)F)C(=O)/C=C/c1ccccc1. The topological polar surface area (TPSA) is 20.3 Å². The molecule has 0 fully saturated rings. The maximum atomic E-state index is 13.0. The van der Waals surface area contributed by atoms with E-state index < -0.39 is 11.7 Å². The summed E-state index contributed by atoms with van der Waals surface area (Å²) in [5.41, 5.74) is 0.209. The van der Waals surface area contributed by atoms with E-state index in [-0.39, 0.29) is 18.0 Å². The Balaban J connectivity index is 2.09. The summed E-state index contributed by atoms with van der Waals surface area (Å²) in [4.78, 5) is 13.3. The van der Waals surface area contributed by atoms with Crippen molar-refractivity contribution in [3.63, 3.8) is 0 Å². The first-order chi connectivity index (χ1) is 10.9. The van der Waals surface area contributed by atoms with E-state index in [9.17, 15) is 18.0 Å². The van der Waals surface area contributed by atoms with Gasteiger partial charge < -0.3 is 4.90 Å². The van der Waals surface area contributed by atoms with Crippen LogP contribution in [0.15, 0.2) is 60.7 Å². The molecule has 0 saturated carbocycles. The van der Waals surface area contributed by atoms with Crippen LogP contribution in [0.1, 0.15) is 16.7 Å². The molecule has 1 amide bonds.